The van der Waals surface area contributed by atoms with Crippen molar-refractivity contribution < 1.29 is 9.59 Å². The Morgan fingerprint density at radius 1 is 1.44 bits per heavy atom. The SMILES string of the molecule is CCCC1CC(=O)N(CC(=O)C(C)(C)C)C1. The van der Waals surface area contributed by atoms with Crippen LogP contribution in [0.2, 0.25) is 0 Å². The molecule has 0 spiro atoms. The van der Waals surface area contributed by atoms with Gasteiger partial charge in [0.1, 0.15) is 0 Å². The van der Waals surface area contributed by atoms with Crippen molar-refractivity contribution in [2.75, 3.05) is 13.1 Å². The van der Waals surface area contributed by atoms with Crippen LogP contribution in [0, 0.1) is 11.3 Å². The van der Waals surface area contributed by atoms with E-state index in [0.717, 1.165) is 19.4 Å². The van der Waals surface area contributed by atoms with Crippen LogP contribution in [-0.4, -0.2) is 29.7 Å². The number of nitrogens with zero attached hydrogens (tertiary/aromatic N) is 1. The number of rotatable bonds is 4. The molecule has 1 saturated heterocycles. The number of amides is 1. The molecule has 3 nitrogen and oxygen atoms in total. The van der Waals surface area contributed by atoms with Crippen LogP contribution >= 0.6 is 0 Å². The van der Waals surface area contributed by atoms with E-state index in [0.29, 0.717) is 18.9 Å². The highest BCUT2D eigenvalue weighted by Crippen LogP contribution is 2.23. The molecule has 0 aromatic rings. The van der Waals surface area contributed by atoms with Crippen molar-refractivity contribution in [3.05, 3.63) is 0 Å². The molecular weight excluding hydrogens is 202 g/mol. The zero-order chi connectivity index (χ0) is 12.3. The van der Waals surface area contributed by atoms with Gasteiger partial charge in [0.25, 0.3) is 0 Å². The van der Waals surface area contributed by atoms with Crippen LogP contribution in [0.25, 0.3) is 0 Å². The molecule has 0 aliphatic carbocycles. The maximum atomic E-state index is 11.8. The molecule has 1 amide bonds. The zero-order valence-corrected chi connectivity index (χ0v) is 10.9. The van der Waals surface area contributed by atoms with Gasteiger partial charge in [0.05, 0.1) is 6.54 Å². The second-order valence-electron chi connectivity index (χ2n) is 5.81. The van der Waals surface area contributed by atoms with E-state index >= 15 is 0 Å². The van der Waals surface area contributed by atoms with Gasteiger partial charge in [-0.25, -0.2) is 0 Å². The molecule has 1 aliphatic heterocycles. The van der Waals surface area contributed by atoms with E-state index in [2.05, 4.69) is 6.92 Å². The number of hydrogen-bond acceptors (Lipinski definition) is 2. The first kappa shape index (κ1) is 13.2. The van der Waals surface area contributed by atoms with Crippen LogP contribution in [0.5, 0.6) is 0 Å². The number of hydrogen-bond donors (Lipinski definition) is 0. The third-order valence-corrected chi connectivity index (χ3v) is 3.16. The summed E-state index contributed by atoms with van der Waals surface area (Å²) in [5, 5.41) is 0. The molecule has 0 N–H and O–H groups in total. The van der Waals surface area contributed by atoms with E-state index in [1.807, 2.05) is 20.8 Å². The first-order valence-electron chi connectivity index (χ1n) is 6.15. The highest BCUT2D eigenvalue weighted by molar-refractivity contribution is 5.90. The lowest BCUT2D eigenvalue weighted by molar-refractivity contribution is -0.135. The number of ketones is 1. The van der Waals surface area contributed by atoms with Gasteiger partial charge in [-0.1, -0.05) is 34.1 Å². The third-order valence-electron chi connectivity index (χ3n) is 3.16. The summed E-state index contributed by atoms with van der Waals surface area (Å²) in [6, 6.07) is 0. The molecule has 1 rings (SSSR count). The maximum absolute atomic E-state index is 11.8. The van der Waals surface area contributed by atoms with Gasteiger partial charge >= 0.3 is 0 Å². The molecule has 0 bridgehead atoms. The molecule has 0 saturated carbocycles. The van der Waals surface area contributed by atoms with Crippen molar-refractivity contribution >= 4 is 11.7 Å². The van der Waals surface area contributed by atoms with E-state index in [1.54, 1.807) is 4.90 Å². The minimum Gasteiger partial charge on any atom is -0.335 e. The topological polar surface area (TPSA) is 37.4 Å². The van der Waals surface area contributed by atoms with E-state index in [4.69, 9.17) is 0 Å². The Morgan fingerprint density at radius 3 is 2.56 bits per heavy atom. The molecule has 3 heteroatoms. The Kier molecular flexibility index (Phi) is 4.11. The lowest BCUT2D eigenvalue weighted by atomic mass is 9.90. The van der Waals surface area contributed by atoms with E-state index < -0.39 is 0 Å². The molecule has 16 heavy (non-hydrogen) atoms. The molecular formula is C13H23NO2. The van der Waals surface area contributed by atoms with Gasteiger partial charge in [0.2, 0.25) is 5.91 Å². The molecule has 1 unspecified atom stereocenters. The highest BCUT2D eigenvalue weighted by atomic mass is 16.2. The predicted molar refractivity (Wildman–Crippen MR) is 64.1 cm³/mol. The van der Waals surface area contributed by atoms with Crippen molar-refractivity contribution in [1.82, 2.24) is 4.90 Å². The van der Waals surface area contributed by atoms with E-state index in [1.165, 1.54) is 0 Å². The van der Waals surface area contributed by atoms with Crippen LogP contribution in [0.4, 0.5) is 0 Å². The summed E-state index contributed by atoms with van der Waals surface area (Å²) >= 11 is 0. The molecule has 1 heterocycles. The average Bonchev–Trinajstić information content (AvgIpc) is 2.46. The van der Waals surface area contributed by atoms with Gasteiger partial charge in [0.15, 0.2) is 5.78 Å². The lowest BCUT2D eigenvalue weighted by Crippen LogP contribution is -2.36. The van der Waals surface area contributed by atoms with Crippen molar-refractivity contribution in [1.29, 1.82) is 0 Å². The largest absolute Gasteiger partial charge is 0.335 e. The van der Waals surface area contributed by atoms with Crippen molar-refractivity contribution in [3.63, 3.8) is 0 Å². The summed E-state index contributed by atoms with van der Waals surface area (Å²) in [6.07, 6.45) is 2.83. The molecule has 92 valence electrons. The maximum Gasteiger partial charge on any atom is 0.223 e. The van der Waals surface area contributed by atoms with Gasteiger partial charge < -0.3 is 4.90 Å². The molecule has 0 aromatic heterocycles. The number of carbonyl (C=O) groups excluding carboxylic acids is 2. The second kappa shape index (κ2) is 4.98. The van der Waals surface area contributed by atoms with Gasteiger partial charge in [-0.15, -0.1) is 0 Å². The zero-order valence-electron chi connectivity index (χ0n) is 10.9. The lowest BCUT2D eigenvalue weighted by Gasteiger charge is -2.22. The van der Waals surface area contributed by atoms with Crippen LogP contribution in [-0.2, 0) is 9.59 Å². The Morgan fingerprint density at radius 2 is 2.06 bits per heavy atom. The van der Waals surface area contributed by atoms with Gasteiger partial charge in [-0.2, -0.15) is 0 Å². The van der Waals surface area contributed by atoms with E-state index in [9.17, 15) is 9.59 Å². The van der Waals surface area contributed by atoms with Crippen LogP contribution in [0.3, 0.4) is 0 Å². The number of Topliss-reactive ketones (excluding diaryl/α,β-unsaturated/α-hetero) is 1. The Balaban J connectivity index is 2.50. The fourth-order valence-corrected chi connectivity index (χ4v) is 2.02. The van der Waals surface area contributed by atoms with Crippen LogP contribution in [0.1, 0.15) is 47.0 Å². The number of likely N-dealkylation sites (tertiary alicyclic amines) is 1. The molecule has 0 aromatic carbocycles. The molecule has 0 radical (unpaired) electrons. The normalized spacial score (nSPS) is 21.6. The van der Waals surface area contributed by atoms with Gasteiger partial charge in [-0.05, 0) is 12.3 Å². The molecule has 1 atom stereocenters. The Labute approximate surface area is 98.2 Å². The number of carbonyl (C=O) groups is 2. The van der Waals surface area contributed by atoms with Crippen LogP contribution < -0.4 is 0 Å². The summed E-state index contributed by atoms with van der Waals surface area (Å²) in [6.45, 7) is 8.91. The first-order chi connectivity index (χ1) is 7.34. The fourth-order valence-electron chi connectivity index (χ4n) is 2.02. The summed E-state index contributed by atoms with van der Waals surface area (Å²) in [5.41, 5.74) is -0.344. The summed E-state index contributed by atoms with van der Waals surface area (Å²) < 4.78 is 0. The minimum absolute atomic E-state index is 0.149. The quantitative estimate of drug-likeness (QED) is 0.736. The summed E-state index contributed by atoms with van der Waals surface area (Å²) in [5.74, 6) is 0.763. The van der Waals surface area contributed by atoms with E-state index in [-0.39, 0.29) is 17.1 Å². The van der Waals surface area contributed by atoms with Crippen molar-refractivity contribution in [2.45, 2.75) is 47.0 Å². The smallest absolute Gasteiger partial charge is 0.223 e. The first-order valence-corrected chi connectivity index (χ1v) is 6.15. The van der Waals surface area contributed by atoms with Gasteiger partial charge in [-0.3, -0.25) is 9.59 Å². The standard InChI is InChI=1S/C13H23NO2/c1-5-6-10-7-12(16)14(8-10)9-11(15)13(2,3)4/h10H,5-9H2,1-4H3. The monoisotopic (exact) mass is 225 g/mol. The summed E-state index contributed by atoms with van der Waals surface area (Å²) in [4.78, 5) is 25.3. The molecule has 1 aliphatic rings. The van der Waals surface area contributed by atoms with Gasteiger partial charge in [0, 0.05) is 18.4 Å². The summed E-state index contributed by atoms with van der Waals surface area (Å²) in [7, 11) is 0. The Bertz CT molecular complexity index is 278. The minimum atomic E-state index is -0.344. The van der Waals surface area contributed by atoms with Crippen molar-refractivity contribution in [3.8, 4) is 0 Å². The predicted octanol–water partition coefficient (Wildman–Crippen LogP) is 2.25. The molecule has 1 fully saturated rings. The average molecular weight is 225 g/mol. The second-order valence-corrected chi connectivity index (χ2v) is 5.81. The Hall–Kier alpha value is -0.860. The van der Waals surface area contributed by atoms with Crippen molar-refractivity contribution in [2.24, 2.45) is 11.3 Å². The van der Waals surface area contributed by atoms with Crippen LogP contribution in [0.15, 0.2) is 0 Å². The highest BCUT2D eigenvalue weighted by Gasteiger charge is 2.32. The fraction of sp³-hybridized carbons (Fsp3) is 0.846. The third kappa shape index (κ3) is 3.32.